The second-order valence-electron chi connectivity index (χ2n) is 7.84. The molecule has 1 atom stereocenters. The second-order valence-corrected chi connectivity index (χ2v) is 8.92. The van der Waals surface area contributed by atoms with Crippen LogP contribution >= 0.6 is 11.3 Å². The fourth-order valence-electron chi connectivity index (χ4n) is 3.87. The van der Waals surface area contributed by atoms with Crippen LogP contribution in [0.25, 0.3) is 21.0 Å². The maximum atomic E-state index is 13.7. The van der Waals surface area contributed by atoms with E-state index in [0.29, 0.717) is 33.1 Å². The largest absolute Gasteiger partial charge is 0.497 e. The summed E-state index contributed by atoms with van der Waals surface area (Å²) in [5.74, 6) is 0.781. The Labute approximate surface area is 205 Å². The third-order valence-electron chi connectivity index (χ3n) is 5.54. The minimum absolute atomic E-state index is 0.00749. The third-order valence-corrected chi connectivity index (χ3v) is 6.68. The van der Waals surface area contributed by atoms with Crippen molar-refractivity contribution in [3.05, 3.63) is 95.5 Å². The molecule has 0 saturated heterocycles. The van der Waals surface area contributed by atoms with Crippen LogP contribution in [0.2, 0.25) is 0 Å². The van der Waals surface area contributed by atoms with Gasteiger partial charge < -0.3 is 20.5 Å². The van der Waals surface area contributed by atoms with Crippen LogP contribution in [0, 0.1) is 5.41 Å². The summed E-state index contributed by atoms with van der Waals surface area (Å²) in [7, 11) is 1.58. The van der Waals surface area contributed by atoms with Gasteiger partial charge in [-0.3, -0.25) is 15.2 Å². The first-order valence-corrected chi connectivity index (χ1v) is 11.7. The summed E-state index contributed by atoms with van der Waals surface area (Å²) in [4.78, 5) is 18.7. The average Bonchev–Trinajstić information content (AvgIpc) is 3.33. The molecule has 5 rings (SSSR count). The van der Waals surface area contributed by atoms with E-state index in [0.717, 1.165) is 15.5 Å². The van der Waals surface area contributed by atoms with Gasteiger partial charge in [0.05, 0.1) is 23.2 Å². The summed E-state index contributed by atoms with van der Waals surface area (Å²) in [5.41, 5.74) is 7.58. The molecule has 5 aromatic rings. The zero-order valence-corrected chi connectivity index (χ0v) is 19.6. The van der Waals surface area contributed by atoms with Gasteiger partial charge >= 0.3 is 0 Å². The number of anilines is 1. The molecule has 2 heterocycles. The number of methoxy groups -OCH3 is 1. The first-order valence-electron chi connectivity index (χ1n) is 10.9. The van der Waals surface area contributed by atoms with Crippen molar-refractivity contribution in [3.8, 4) is 11.5 Å². The van der Waals surface area contributed by atoms with Crippen molar-refractivity contribution in [2.75, 3.05) is 12.4 Å². The molecule has 0 bridgehead atoms. The topological polar surface area (TPSA) is 110 Å². The van der Waals surface area contributed by atoms with E-state index in [9.17, 15) is 4.79 Å². The summed E-state index contributed by atoms with van der Waals surface area (Å²) in [6, 6.07) is 24.1. The Kier molecular flexibility index (Phi) is 6.03. The SMILES string of the molecule is COc1cc(NC(=O)C(Oc2cccc3sc(C(=N)N)cc23)c2ccccc2)c2ncccc2c1. The number of carbonyl (C=O) groups is 1. The van der Waals surface area contributed by atoms with Crippen molar-refractivity contribution in [2.24, 2.45) is 5.73 Å². The fourth-order valence-corrected chi connectivity index (χ4v) is 4.81. The number of hydrogen-bond acceptors (Lipinski definition) is 6. The van der Waals surface area contributed by atoms with Crippen molar-refractivity contribution >= 4 is 49.8 Å². The molecule has 1 unspecified atom stereocenters. The predicted octanol–water partition coefficient (Wildman–Crippen LogP) is 5.50. The second kappa shape index (κ2) is 9.44. The smallest absolute Gasteiger partial charge is 0.270 e. The Morgan fingerprint density at radius 1 is 1.06 bits per heavy atom. The highest BCUT2D eigenvalue weighted by Crippen LogP contribution is 2.36. The highest BCUT2D eigenvalue weighted by Gasteiger charge is 2.25. The minimum atomic E-state index is -0.938. The standard InChI is InChI=1S/C27H22N4O3S/c1-33-18-13-17-9-6-12-30-24(17)20(14-18)31-27(32)25(16-7-3-2-4-8-16)34-21-10-5-11-22-19(21)15-23(35-22)26(28)29/h2-15,25H,1H3,(H3,28,29)(H,31,32). The van der Waals surface area contributed by atoms with Gasteiger partial charge in [-0.1, -0.05) is 42.5 Å². The molecule has 0 spiro atoms. The Balaban J connectivity index is 1.54. The minimum Gasteiger partial charge on any atom is -0.497 e. The number of thiophene rings is 1. The van der Waals surface area contributed by atoms with Gasteiger partial charge in [-0.25, -0.2) is 0 Å². The lowest BCUT2D eigenvalue weighted by atomic mass is 10.1. The van der Waals surface area contributed by atoms with Crippen LogP contribution in [0.4, 0.5) is 5.69 Å². The van der Waals surface area contributed by atoms with E-state index in [2.05, 4.69) is 10.3 Å². The molecule has 35 heavy (non-hydrogen) atoms. The lowest BCUT2D eigenvalue weighted by Gasteiger charge is -2.20. The molecule has 0 saturated carbocycles. The van der Waals surface area contributed by atoms with E-state index in [1.54, 1.807) is 19.4 Å². The Morgan fingerprint density at radius 2 is 1.89 bits per heavy atom. The van der Waals surface area contributed by atoms with Crippen LogP contribution in [0.15, 0.2) is 85.1 Å². The Hall–Kier alpha value is -4.43. The zero-order valence-electron chi connectivity index (χ0n) is 18.8. The molecule has 7 nitrogen and oxygen atoms in total. The number of pyridine rings is 1. The van der Waals surface area contributed by atoms with Gasteiger partial charge in [-0.05, 0) is 30.3 Å². The van der Waals surface area contributed by atoms with Crippen LogP contribution in [0.5, 0.6) is 11.5 Å². The van der Waals surface area contributed by atoms with Crippen molar-refractivity contribution in [3.63, 3.8) is 0 Å². The van der Waals surface area contributed by atoms with Crippen LogP contribution in [-0.2, 0) is 4.79 Å². The number of carbonyl (C=O) groups excluding carboxylic acids is 1. The molecular formula is C27H22N4O3S. The van der Waals surface area contributed by atoms with E-state index in [1.165, 1.54) is 11.3 Å². The first kappa shape index (κ1) is 22.4. The number of rotatable bonds is 7. The molecule has 0 aliphatic rings. The van der Waals surface area contributed by atoms with Gasteiger partial charge in [0.15, 0.2) is 0 Å². The number of amides is 1. The van der Waals surface area contributed by atoms with Crippen LogP contribution in [-0.4, -0.2) is 23.8 Å². The number of nitrogens with two attached hydrogens (primary N) is 1. The third kappa shape index (κ3) is 4.51. The summed E-state index contributed by atoms with van der Waals surface area (Å²) in [6.07, 6.45) is 0.743. The van der Waals surface area contributed by atoms with Gasteiger partial charge in [-0.15, -0.1) is 11.3 Å². The van der Waals surface area contributed by atoms with Crippen molar-refractivity contribution in [2.45, 2.75) is 6.10 Å². The highest BCUT2D eigenvalue weighted by molar-refractivity contribution is 7.20. The number of aromatic nitrogens is 1. The van der Waals surface area contributed by atoms with Crippen molar-refractivity contribution in [1.82, 2.24) is 4.98 Å². The number of fused-ring (bicyclic) bond motifs is 2. The monoisotopic (exact) mass is 482 g/mol. The molecule has 2 aromatic heterocycles. The van der Waals surface area contributed by atoms with Crippen molar-refractivity contribution < 1.29 is 14.3 Å². The van der Waals surface area contributed by atoms with Gasteiger partial charge in [0.2, 0.25) is 6.10 Å². The molecule has 0 radical (unpaired) electrons. The normalized spacial score (nSPS) is 11.8. The molecule has 3 aromatic carbocycles. The number of benzene rings is 3. The van der Waals surface area contributed by atoms with E-state index < -0.39 is 6.10 Å². The average molecular weight is 483 g/mol. The molecule has 0 aliphatic heterocycles. The number of ether oxygens (including phenoxy) is 2. The molecule has 4 N–H and O–H groups in total. The maximum Gasteiger partial charge on any atom is 0.270 e. The number of hydrogen-bond donors (Lipinski definition) is 3. The van der Waals surface area contributed by atoms with E-state index in [-0.39, 0.29) is 11.7 Å². The molecule has 0 aliphatic carbocycles. The van der Waals surface area contributed by atoms with Gasteiger partial charge in [0.25, 0.3) is 5.91 Å². The number of amidine groups is 1. The quantitative estimate of drug-likeness (QED) is 0.210. The summed E-state index contributed by atoms with van der Waals surface area (Å²) < 4.78 is 12.7. The molecule has 1 amide bonds. The molecule has 8 heteroatoms. The molecule has 0 fully saturated rings. The van der Waals surface area contributed by atoms with Crippen molar-refractivity contribution in [1.29, 1.82) is 5.41 Å². The fraction of sp³-hybridized carbons (Fsp3) is 0.0741. The number of nitrogens with one attached hydrogen (secondary N) is 2. The van der Waals surface area contributed by atoms with Crippen LogP contribution in [0.3, 0.4) is 0 Å². The summed E-state index contributed by atoms with van der Waals surface area (Å²) >= 11 is 1.41. The van der Waals surface area contributed by atoms with Crippen LogP contribution < -0.4 is 20.5 Å². The van der Waals surface area contributed by atoms with Gasteiger partial charge in [0.1, 0.15) is 17.3 Å². The lowest BCUT2D eigenvalue weighted by Crippen LogP contribution is -2.26. The van der Waals surface area contributed by atoms with E-state index in [4.69, 9.17) is 20.6 Å². The summed E-state index contributed by atoms with van der Waals surface area (Å²) in [6.45, 7) is 0. The maximum absolute atomic E-state index is 13.7. The highest BCUT2D eigenvalue weighted by atomic mass is 32.1. The Bertz CT molecular complexity index is 1550. The predicted molar refractivity (Wildman–Crippen MR) is 140 cm³/mol. The summed E-state index contributed by atoms with van der Waals surface area (Å²) in [5, 5.41) is 12.4. The molecular weight excluding hydrogens is 460 g/mol. The number of nitrogen functional groups attached to an aromatic ring is 1. The lowest BCUT2D eigenvalue weighted by molar-refractivity contribution is -0.123. The van der Waals surface area contributed by atoms with Gasteiger partial charge in [0, 0.05) is 33.3 Å². The molecule has 174 valence electrons. The van der Waals surface area contributed by atoms with Gasteiger partial charge in [-0.2, -0.15) is 0 Å². The first-order chi connectivity index (χ1) is 17.0. The Morgan fingerprint density at radius 3 is 2.66 bits per heavy atom. The van der Waals surface area contributed by atoms with E-state index in [1.807, 2.05) is 72.8 Å². The van der Waals surface area contributed by atoms with E-state index >= 15 is 0 Å². The number of nitrogens with zero attached hydrogens (tertiary/aromatic N) is 1. The zero-order chi connectivity index (χ0) is 24.4. The van der Waals surface area contributed by atoms with Crippen LogP contribution in [0.1, 0.15) is 16.5 Å².